The quantitative estimate of drug-likeness (QED) is 0.136. The fourth-order valence-corrected chi connectivity index (χ4v) is 13.4. The molecule has 5 saturated heterocycles. The third kappa shape index (κ3) is 23.2. The number of rotatable bonds is 10. The van der Waals surface area contributed by atoms with E-state index >= 15 is 0 Å². The molecule has 5 aliphatic heterocycles. The van der Waals surface area contributed by atoms with E-state index in [1.807, 2.05) is 25.0 Å². The molecule has 14 heteroatoms. The predicted molar refractivity (Wildman–Crippen MR) is 353 cm³/mol. The summed E-state index contributed by atoms with van der Waals surface area (Å²) in [6, 6.07) is 4.23. The number of aryl methyl sites for hydroxylation is 4. The molecule has 14 nitrogen and oxygen atoms in total. The first-order chi connectivity index (χ1) is 39.4. The largest absolute Gasteiger partial charge is 0.354 e. The van der Waals surface area contributed by atoms with Gasteiger partial charge in [-0.2, -0.15) is 0 Å². The number of hydrogen-bond acceptors (Lipinski definition) is 9. The summed E-state index contributed by atoms with van der Waals surface area (Å²) in [6.07, 6.45) is 34.0. The summed E-state index contributed by atoms with van der Waals surface area (Å²) in [5, 5.41) is 0. The summed E-state index contributed by atoms with van der Waals surface area (Å²) < 4.78 is 11.4. The molecule has 0 bridgehead atoms. The predicted octanol–water partition coefficient (Wildman–Crippen LogP) is 13.8. The average Bonchev–Trinajstić information content (AvgIpc) is 4.39. The monoisotopic (exact) mass is 1160 g/mol. The van der Waals surface area contributed by atoms with Crippen molar-refractivity contribution in [2.45, 2.75) is 256 Å². The van der Waals surface area contributed by atoms with Gasteiger partial charge in [-0.25, -0.2) is 19.9 Å². The second-order valence-electron chi connectivity index (χ2n) is 31.2. The molecule has 5 atom stereocenters. The third-order valence-corrected chi connectivity index (χ3v) is 18.7. The fraction of sp³-hybridized carbons (Fsp3) is 0.771. The van der Waals surface area contributed by atoms with Crippen LogP contribution in [0.1, 0.15) is 191 Å². The summed E-state index contributed by atoms with van der Waals surface area (Å²) in [5.74, 6) is 6.19. The van der Waals surface area contributed by atoms with E-state index in [0.717, 1.165) is 78.8 Å². The molecular formula is C70H124N14. The minimum absolute atomic E-state index is 0.308. The van der Waals surface area contributed by atoms with Crippen LogP contribution in [-0.4, -0.2) is 160 Å². The van der Waals surface area contributed by atoms with E-state index in [4.69, 9.17) is 0 Å². The van der Waals surface area contributed by atoms with Crippen LogP contribution in [0.5, 0.6) is 0 Å². The normalized spacial score (nSPS) is 23.1. The molecule has 5 aromatic rings. The first-order valence-corrected chi connectivity index (χ1v) is 33.2. The van der Waals surface area contributed by atoms with Gasteiger partial charge < -0.3 is 22.8 Å². The Morgan fingerprint density at radius 2 is 0.607 bits per heavy atom. The lowest BCUT2D eigenvalue weighted by Gasteiger charge is -2.41. The van der Waals surface area contributed by atoms with Crippen LogP contribution < -0.4 is 0 Å². The van der Waals surface area contributed by atoms with Gasteiger partial charge >= 0.3 is 0 Å². The first kappa shape index (κ1) is 69.0. The molecule has 0 N–H and O–H groups in total. The molecule has 0 spiro atoms. The Morgan fingerprint density at radius 3 is 0.833 bits per heavy atom. The van der Waals surface area contributed by atoms with Crippen LogP contribution in [0.25, 0.3) is 0 Å². The van der Waals surface area contributed by atoms with Crippen molar-refractivity contribution in [2.75, 3.05) is 65.4 Å². The van der Waals surface area contributed by atoms with Gasteiger partial charge in [0.2, 0.25) is 0 Å². The summed E-state index contributed by atoms with van der Waals surface area (Å²) in [5.41, 5.74) is 3.80. The maximum absolute atomic E-state index is 4.30. The van der Waals surface area contributed by atoms with Crippen LogP contribution in [0, 0.1) is 57.3 Å². The van der Waals surface area contributed by atoms with Gasteiger partial charge in [0.15, 0.2) is 0 Å². The van der Waals surface area contributed by atoms with E-state index in [2.05, 4.69) is 248 Å². The molecule has 10 heterocycles. The molecule has 5 aliphatic rings. The van der Waals surface area contributed by atoms with Gasteiger partial charge in [0, 0.05) is 143 Å². The van der Waals surface area contributed by atoms with Gasteiger partial charge in [-0.15, -0.1) is 0 Å². The summed E-state index contributed by atoms with van der Waals surface area (Å²) >= 11 is 0. The van der Waals surface area contributed by atoms with E-state index in [1.54, 1.807) is 0 Å². The van der Waals surface area contributed by atoms with E-state index in [1.165, 1.54) is 136 Å². The van der Waals surface area contributed by atoms with Crippen LogP contribution in [0.2, 0.25) is 0 Å². The second-order valence-corrected chi connectivity index (χ2v) is 31.2. The zero-order chi connectivity index (χ0) is 61.5. The number of hydrogen-bond donors (Lipinski definition) is 0. The van der Waals surface area contributed by atoms with Crippen molar-refractivity contribution in [3.63, 3.8) is 0 Å². The Bertz CT molecular complexity index is 2440. The third-order valence-electron chi connectivity index (χ3n) is 18.7. The summed E-state index contributed by atoms with van der Waals surface area (Å²) in [7, 11) is 0. The van der Waals surface area contributed by atoms with Crippen molar-refractivity contribution in [2.24, 2.45) is 29.6 Å². The zero-order valence-corrected chi connectivity index (χ0v) is 57.3. The van der Waals surface area contributed by atoms with E-state index < -0.39 is 0 Å². The van der Waals surface area contributed by atoms with Gasteiger partial charge in [-0.1, -0.05) is 0 Å². The van der Waals surface area contributed by atoms with Gasteiger partial charge in [-0.05, 0) is 270 Å². The number of piperidine rings is 5. The number of nitrogens with zero attached hydrogens (tertiary/aromatic N) is 14. The highest BCUT2D eigenvalue weighted by molar-refractivity contribution is 4.97. The maximum Gasteiger partial charge on any atom is 0.105 e. The average molecular weight is 1160 g/mol. The van der Waals surface area contributed by atoms with Gasteiger partial charge in [-0.3, -0.25) is 24.5 Å². The highest BCUT2D eigenvalue weighted by Gasteiger charge is 2.32. The standard InChI is InChI=1S/4C14H25N3.C14H24N2/c2*1-12-15-7-9-16(12)10-13-6-5-8-17(11-13)14(2,3)4;2*1-12-8-16(11-15-12)9-13-6-5-7-17(10-13)14(2,3)4;1-14(2,3)16-10-6-7-13(12-16)11-15-8-4-5-9-15/h2*7,9,13H,5-6,8,10-11H2,1-4H3;2*8,11,13H,5-7,9-10H2,1-4H3;4-5,8-9,13H,6-7,10-12H2,1-3H3/t5*13-/m10100/s1. The molecule has 0 aromatic carbocycles. The minimum Gasteiger partial charge on any atom is -0.354 e. The molecule has 0 radical (unpaired) electrons. The number of aromatic nitrogens is 9. The zero-order valence-electron chi connectivity index (χ0n) is 57.3. The molecule has 0 saturated carbocycles. The highest BCUT2D eigenvalue weighted by Crippen LogP contribution is 2.30. The fourth-order valence-electron chi connectivity index (χ4n) is 13.4. The smallest absolute Gasteiger partial charge is 0.105 e. The molecular weight excluding hydrogens is 1040 g/mol. The Morgan fingerprint density at radius 1 is 0.345 bits per heavy atom. The Labute approximate surface area is 513 Å². The van der Waals surface area contributed by atoms with Crippen LogP contribution >= 0.6 is 0 Å². The van der Waals surface area contributed by atoms with Crippen molar-refractivity contribution >= 4 is 0 Å². The molecule has 0 unspecified atom stereocenters. The Hall–Kier alpha value is -4.08. The van der Waals surface area contributed by atoms with Crippen molar-refractivity contribution in [3.8, 4) is 0 Å². The van der Waals surface area contributed by atoms with Gasteiger partial charge in [0.25, 0.3) is 0 Å². The van der Waals surface area contributed by atoms with E-state index in [0.29, 0.717) is 27.7 Å². The summed E-state index contributed by atoms with van der Waals surface area (Å²) in [6.45, 7) is 61.1. The highest BCUT2D eigenvalue weighted by atomic mass is 15.2. The molecule has 0 amide bonds. The van der Waals surface area contributed by atoms with Crippen LogP contribution in [-0.2, 0) is 32.7 Å². The molecule has 10 rings (SSSR count). The summed E-state index contributed by atoms with van der Waals surface area (Å²) in [4.78, 5) is 30.3. The molecule has 5 fully saturated rings. The minimum atomic E-state index is 0.308. The van der Waals surface area contributed by atoms with Crippen LogP contribution in [0.15, 0.2) is 74.4 Å². The lowest BCUT2D eigenvalue weighted by molar-refractivity contribution is 0.0731. The van der Waals surface area contributed by atoms with Gasteiger partial charge in [0.1, 0.15) is 11.6 Å². The van der Waals surface area contributed by atoms with Crippen molar-refractivity contribution < 1.29 is 0 Å². The molecule has 5 aromatic heterocycles. The molecule has 84 heavy (non-hydrogen) atoms. The van der Waals surface area contributed by atoms with Crippen molar-refractivity contribution in [1.82, 2.24) is 67.3 Å². The van der Waals surface area contributed by atoms with Crippen molar-refractivity contribution in [3.05, 3.63) is 97.4 Å². The molecule has 0 aliphatic carbocycles. The maximum atomic E-state index is 4.30. The lowest BCUT2D eigenvalue weighted by atomic mass is 9.93. The number of likely N-dealkylation sites (tertiary alicyclic amines) is 5. The van der Waals surface area contributed by atoms with E-state index in [-0.39, 0.29) is 0 Å². The number of imidazole rings is 4. The SMILES string of the molecule is CC(C)(C)N1CCC[C@@H](Cn2cccc2)C1.Cc1cn(C[C@@H]2CCCN(C(C)(C)C)C2)cn1.Cc1cn(C[C@H]2CCCN(C(C)(C)C)C2)cn1.Cc1nccn1C[C@@H]1CCCN(C(C)(C)C)C1.Cc1nccn1C[C@H]1CCCN(C(C)(C)C)C1. The molecule has 474 valence electrons. The Kier molecular flexibility index (Phi) is 25.6. The second kappa shape index (κ2) is 31.2. The van der Waals surface area contributed by atoms with Gasteiger partial charge in [0.05, 0.1) is 24.0 Å². The van der Waals surface area contributed by atoms with Crippen LogP contribution in [0.3, 0.4) is 0 Å². The van der Waals surface area contributed by atoms with E-state index in [9.17, 15) is 0 Å². The Balaban J connectivity index is 0.000000168. The lowest BCUT2D eigenvalue weighted by Crippen LogP contribution is -2.47. The van der Waals surface area contributed by atoms with Crippen LogP contribution in [0.4, 0.5) is 0 Å². The van der Waals surface area contributed by atoms with Crippen molar-refractivity contribution in [1.29, 1.82) is 0 Å². The first-order valence-electron chi connectivity index (χ1n) is 33.2. The topological polar surface area (TPSA) is 92.4 Å².